The van der Waals surface area contributed by atoms with E-state index in [1.165, 1.54) is 38.5 Å². The minimum atomic E-state index is 0.686. The highest BCUT2D eigenvalue weighted by Gasteiger charge is 2.18. The molecule has 18 heavy (non-hydrogen) atoms. The van der Waals surface area contributed by atoms with E-state index in [-0.39, 0.29) is 0 Å². The summed E-state index contributed by atoms with van der Waals surface area (Å²) >= 11 is 0. The molecule has 108 valence electrons. The molecular formula is C16H34N2. The molecule has 3 atom stereocenters. The second-order valence-electron chi connectivity index (χ2n) is 6.97. The Morgan fingerprint density at radius 3 is 2.44 bits per heavy atom. The van der Waals surface area contributed by atoms with Gasteiger partial charge in [0.2, 0.25) is 0 Å². The first-order valence-electron chi connectivity index (χ1n) is 7.88. The Morgan fingerprint density at radius 2 is 1.83 bits per heavy atom. The van der Waals surface area contributed by atoms with Crippen molar-refractivity contribution in [3.8, 4) is 0 Å². The molecule has 0 heterocycles. The highest BCUT2D eigenvalue weighted by Crippen LogP contribution is 2.22. The average Bonchev–Trinajstić information content (AvgIpc) is 2.48. The summed E-state index contributed by atoms with van der Waals surface area (Å²) in [6, 6.07) is 1.45. The van der Waals surface area contributed by atoms with Crippen LogP contribution in [-0.4, -0.2) is 37.6 Å². The van der Waals surface area contributed by atoms with Gasteiger partial charge in [0, 0.05) is 18.6 Å². The Balaban J connectivity index is 2.32. The molecule has 0 radical (unpaired) electrons. The predicted molar refractivity (Wildman–Crippen MR) is 81.0 cm³/mol. The van der Waals surface area contributed by atoms with Gasteiger partial charge in [0.15, 0.2) is 0 Å². The van der Waals surface area contributed by atoms with Gasteiger partial charge in [-0.2, -0.15) is 0 Å². The molecular weight excluding hydrogens is 220 g/mol. The summed E-state index contributed by atoms with van der Waals surface area (Å²) in [5.41, 5.74) is 0. The van der Waals surface area contributed by atoms with Crippen LogP contribution in [0, 0.1) is 11.8 Å². The maximum absolute atomic E-state index is 3.83. The van der Waals surface area contributed by atoms with Crippen LogP contribution in [0.2, 0.25) is 0 Å². The van der Waals surface area contributed by atoms with E-state index in [1.807, 2.05) is 0 Å². The van der Waals surface area contributed by atoms with Crippen molar-refractivity contribution in [2.24, 2.45) is 11.8 Å². The van der Waals surface area contributed by atoms with Crippen molar-refractivity contribution in [2.75, 3.05) is 20.6 Å². The maximum Gasteiger partial charge on any atom is 0.0217 e. The van der Waals surface area contributed by atoms with Crippen molar-refractivity contribution < 1.29 is 0 Å². The highest BCUT2D eigenvalue weighted by atomic mass is 15.1. The second-order valence-corrected chi connectivity index (χ2v) is 6.97. The first kappa shape index (κ1) is 16.0. The third-order valence-corrected chi connectivity index (χ3v) is 4.37. The summed E-state index contributed by atoms with van der Waals surface area (Å²) in [5.74, 6) is 1.73. The van der Waals surface area contributed by atoms with Gasteiger partial charge in [-0.3, -0.25) is 0 Å². The molecule has 2 heteroatoms. The highest BCUT2D eigenvalue weighted by molar-refractivity contribution is 4.77. The monoisotopic (exact) mass is 254 g/mol. The number of hydrogen-bond donors (Lipinski definition) is 1. The molecule has 0 aromatic heterocycles. The van der Waals surface area contributed by atoms with E-state index in [0.29, 0.717) is 6.04 Å². The Morgan fingerprint density at radius 1 is 1.11 bits per heavy atom. The Labute approximate surface area is 115 Å². The van der Waals surface area contributed by atoms with Gasteiger partial charge in [0.25, 0.3) is 0 Å². The summed E-state index contributed by atoms with van der Waals surface area (Å²) in [5, 5.41) is 3.83. The van der Waals surface area contributed by atoms with Gasteiger partial charge in [0.05, 0.1) is 0 Å². The lowest BCUT2D eigenvalue weighted by molar-refractivity contribution is 0.237. The van der Waals surface area contributed by atoms with Gasteiger partial charge >= 0.3 is 0 Å². The Hall–Kier alpha value is -0.0800. The number of rotatable bonds is 6. The first-order chi connectivity index (χ1) is 8.49. The van der Waals surface area contributed by atoms with E-state index >= 15 is 0 Å². The summed E-state index contributed by atoms with van der Waals surface area (Å²) in [4.78, 5) is 2.38. The van der Waals surface area contributed by atoms with Crippen LogP contribution >= 0.6 is 0 Å². The minimum absolute atomic E-state index is 0.686. The molecule has 0 saturated heterocycles. The zero-order chi connectivity index (χ0) is 13.5. The lowest BCUT2D eigenvalue weighted by Crippen LogP contribution is -2.42. The Bertz CT molecular complexity index is 213. The van der Waals surface area contributed by atoms with E-state index in [1.54, 1.807) is 0 Å². The summed E-state index contributed by atoms with van der Waals surface area (Å²) in [7, 11) is 4.42. The van der Waals surface area contributed by atoms with E-state index in [4.69, 9.17) is 0 Å². The quantitative estimate of drug-likeness (QED) is 0.730. The summed E-state index contributed by atoms with van der Waals surface area (Å²) < 4.78 is 0. The average molecular weight is 254 g/mol. The van der Waals surface area contributed by atoms with Crippen molar-refractivity contribution in [1.29, 1.82) is 0 Å². The van der Waals surface area contributed by atoms with Crippen LogP contribution in [0.3, 0.4) is 0 Å². The molecule has 0 aromatic rings. The molecule has 0 bridgehead atoms. The fourth-order valence-electron chi connectivity index (χ4n) is 3.01. The number of nitrogens with one attached hydrogen (secondary N) is 1. The van der Waals surface area contributed by atoms with Crippen LogP contribution in [0.25, 0.3) is 0 Å². The van der Waals surface area contributed by atoms with Crippen molar-refractivity contribution >= 4 is 0 Å². The normalized spacial score (nSPS) is 27.5. The second kappa shape index (κ2) is 8.16. The van der Waals surface area contributed by atoms with Crippen LogP contribution in [0.15, 0.2) is 0 Å². The van der Waals surface area contributed by atoms with E-state index in [0.717, 1.165) is 24.4 Å². The lowest BCUT2D eigenvalue weighted by atomic mass is 10.0. The maximum atomic E-state index is 3.83. The molecule has 0 aromatic carbocycles. The summed E-state index contributed by atoms with van der Waals surface area (Å²) in [6.45, 7) is 8.21. The number of nitrogens with zero attached hydrogens (tertiary/aromatic N) is 1. The molecule has 0 amide bonds. The van der Waals surface area contributed by atoms with Crippen LogP contribution in [0.1, 0.15) is 59.3 Å². The standard InChI is InChI=1S/C16H34N2/c1-13(2)11-16(18(4)5)12-17-15-8-6-7-14(3)9-10-15/h13-17H,6-12H2,1-5H3. The van der Waals surface area contributed by atoms with Crippen LogP contribution in [0.5, 0.6) is 0 Å². The van der Waals surface area contributed by atoms with Crippen molar-refractivity contribution in [3.05, 3.63) is 0 Å². The van der Waals surface area contributed by atoms with Gasteiger partial charge in [0.1, 0.15) is 0 Å². The third kappa shape index (κ3) is 6.19. The minimum Gasteiger partial charge on any atom is -0.312 e. The van der Waals surface area contributed by atoms with Gasteiger partial charge in [-0.25, -0.2) is 0 Å². The molecule has 3 unspecified atom stereocenters. The molecule has 1 rings (SSSR count). The van der Waals surface area contributed by atoms with Crippen LogP contribution in [0.4, 0.5) is 0 Å². The fourth-order valence-corrected chi connectivity index (χ4v) is 3.01. The molecule has 1 aliphatic carbocycles. The van der Waals surface area contributed by atoms with Crippen molar-refractivity contribution in [1.82, 2.24) is 10.2 Å². The van der Waals surface area contributed by atoms with Gasteiger partial charge in [-0.15, -0.1) is 0 Å². The molecule has 1 aliphatic rings. The smallest absolute Gasteiger partial charge is 0.0217 e. The fraction of sp³-hybridized carbons (Fsp3) is 1.00. The zero-order valence-corrected chi connectivity index (χ0v) is 13.2. The van der Waals surface area contributed by atoms with E-state index in [2.05, 4.69) is 45.1 Å². The lowest BCUT2D eigenvalue weighted by Gasteiger charge is -2.28. The molecule has 0 spiro atoms. The number of hydrogen-bond acceptors (Lipinski definition) is 2. The predicted octanol–water partition coefficient (Wildman–Crippen LogP) is 3.52. The van der Waals surface area contributed by atoms with Gasteiger partial charge in [-0.1, -0.05) is 33.6 Å². The molecule has 1 saturated carbocycles. The first-order valence-corrected chi connectivity index (χ1v) is 7.88. The largest absolute Gasteiger partial charge is 0.312 e. The summed E-state index contributed by atoms with van der Waals surface area (Å²) in [6.07, 6.45) is 8.31. The molecule has 2 nitrogen and oxygen atoms in total. The van der Waals surface area contributed by atoms with E-state index in [9.17, 15) is 0 Å². The van der Waals surface area contributed by atoms with Crippen LogP contribution in [-0.2, 0) is 0 Å². The molecule has 1 N–H and O–H groups in total. The number of likely N-dealkylation sites (N-methyl/N-ethyl adjacent to an activating group) is 1. The van der Waals surface area contributed by atoms with Gasteiger partial charge < -0.3 is 10.2 Å². The topological polar surface area (TPSA) is 15.3 Å². The zero-order valence-electron chi connectivity index (χ0n) is 13.2. The van der Waals surface area contributed by atoms with Gasteiger partial charge in [-0.05, 0) is 51.6 Å². The SMILES string of the molecule is CC(C)CC(CNC1CCCC(C)CC1)N(C)C. The molecule has 1 fully saturated rings. The van der Waals surface area contributed by atoms with Crippen molar-refractivity contribution in [3.63, 3.8) is 0 Å². The van der Waals surface area contributed by atoms with Crippen LogP contribution < -0.4 is 5.32 Å². The Kier molecular flexibility index (Phi) is 7.25. The van der Waals surface area contributed by atoms with Crippen molar-refractivity contribution in [2.45, 2.75) is 71.4 Å². The third-order valence-electron chi connectivity index (χ3n) is 4.37. The van der Waals surface area contributed by atoms with E-state index < -0.39 is 0 Å². The molecule has 0 aliphatic heterocycles.